The van der Waals surface area contributed by atoms with Gasteiger partial charge in [-0.15, -0.1) is 11.3 Å². The predicted octanol–water partition coefficient (Wildman–Crippen LogP) is 3.09. The van der Waals surface area contributed by atoms with Crippen LogP contribution in [0.25, 0.3) is 0 Å². The molecule has 3 nitrogen and oxygen atoms in total. The maximum atomic E-state index is 12.9. The van der Waals surface area contributed by atoms with Gasteiger partial charge in [0.25, 0.3) is 5.91 Å². The minimum absolute atomic E-state index is 0.253. The molecule has 0 spiro atoms. The van der Waals surface area contributed by atoms with E-state index >= 15 is 0 Å². The molecule has 2 heterocycles. The van der Waals surface area contributed by atoms with Crippen molar-refractivity contribution < 1.29 is 4.79 Å². The molecule has 0 saturated carbocycles. The molecule has 0 aromatic carbocycles. The molecule has 2 aliphatic rings. The summed E-state index contributed by atoms with van der Waals surface area (Å²) in [6, 6.07) is 2.44. The number of nitrogens with one attached hydrogen (secondary N) is 1. The molecule has 0 atom stereocenters. The van der Waals surface area contributed by atoms with Gasteiger partial charge in [0.2, 0.25) is 0 Å². The molecule has 0 unspecified atom stereocenters. The first-order valence-corrected chi connectivity index (χ1v) is 9.10. The number of thiophene rings is 1. The molecule has 1 aliphatic heterocycles. The van der Waals surface area contributed by atoms with Gasteiger partial charge in [0.05, 0.1) is 4.88 Å². The van der Waals surface area contributed by atoms with Gasteiger partial charge in [-0.05, 0) is 76.6 Å². The molecule has 3 rings (SSSR count). The van der Waals surface area contributed by atoms with Gasteiger partial charge in [-0.2, -0.15) is 0 Å². The zero-order chi connectivity index (χ0) is 14.8. The van der Waals surface area contributed by atoms with Crippen molar-refractivity contribution in [2.45, 2.75) is 52.0 Å². The summed E-state index contributed by atoms with van der Waals surface area (Å²) in [6.45, 7) is 7.39. The highest BCUT2D eigenvalue weighted by molar-refractivity contribution is 7.14. The topological polar surface area (TPSA) is 32.3 Å². The standard InChI is InChI=1S/C17H26N2OS/c1-12(2)19(11-13-6-8-18-9-7-13)17(20)16-10-14-4-3-5-15(14)21-16/h10,12-13,18H,3-9,11H2,1-2H3. The van der Waals surface area contributed by atoms with Crippen LogP contribution in [0.15, 0.2) is 6.07 Å². The normalized spacial score (nSPS) is 19.0. The van der Waals surface area contributed by atoms with Crippen molar-refractivity contribution >= 4 is 17.2 Å². The lowest BCUT2D eigenvalue weighted by Crippen LogP contribution is -2.42. The van der Waals surface area contributed by atoms with E-state index in [0.29, 0.717) is 5.92 Å². The second-order valence-electron chi connectivity index (χ2n) is 6.66. The summed E-state index contributed by atoms with van der Waals surface area (Å²) in [5, 5.41) is 3.40. The average molecular weight is 306 g/mol. The van der Waals surface area contributed by atoms with Gasteiger partial charge in [-0.25, -0.2) is 0 Å². The van der Waals surface area contributed by atoms with Gasteiger partial charge in [-0.1, -0.05) is 0 Å². The van der Waals surface area contributed by atoms with Crippen molar-refractivity contribution in [3.63, 3.8) is 0 Å². The zero-order valence-corrected chi connectivity index (χ0v) is 14.0. The van der Waals surface area contributed by atoms with Crippen LogP contribution in [0, 0.1) is 5.92 Å². The van der Waals surface area contributed by atoms with Gasteiger partial charge >= 0.3 is 0 Å². The Balaban J connectivity index is 1.71. The van der Waals surface area contributed by atoms with Crippen molar-refractivity contribution in [1.82, 2.24) is 10.2 Å². The molecule has 1 N–H and O–H groups in total. The van der Waals surface area contributed by atoms with Crippen molar-refractivity contribution in [2.75, 3.05) is 19.6 Å². The van der Waals surface area contributed by atoms with Gasteiger partial charge in [-0.3, -0.25) is 4.79 Å². The molecule has 116 valence electrons. The lowest BCUT2D eigenvalue weighted by atomic mass is 9.97. The Kier molecular flexibility index (Phi) is 4.65. The Labute approximate surface area is 131 Å². The van der Waals surface area contributed by atoms with Crippen LogP contribution in [-0.4, -0.2) is 36.5 Å². The lowest BCUT2D eigenvalue weighted by molar-refractivity contribution is 0.0663. The maximum absolute atomic E-state index is 12.9. The summed E-state index contributed by atoms with van der Waals surface area (Å²) in [7, 11) is 0. The Bertz CT molecular complexity index is 481. The van der Waals surface area contributed by atoms with Crippen LogP contribution in [0.2, 0.25) is 0 Å². The zero-order valence-electron chi connectivity index (χ0n) is 13.2. The molecule has 21 heavy (non-hydrogen) atoms. The number of amides is 1. The summed E-state index contributed by atoms with van der Waals surface area (Å²) in [5.41, 5.74) is 1.42. The smallest absolute Gasteiger partial charge is 0.264 e. The van der Waals surface area contributed by atoms with E-state index in [9.17, 15) is 4.79 Å². The minimum atomic E-state index is 0.253. The molecule has 1 aromatic rings. The van der Waals surface area contributed by atoms with E-state index in [-0.39, 0.29) is 11.9 Å². The fourth-order valence-electron chi connectivity index (χ4n) is 3.45. The Morgan fingerprint density at radius 3 is 2.81 bits per heavy atom. The van der Waals surface area contributed by atoms with E-state index in [1.165, 1.54) is 36.1 Å². The van der Waals surface area contributed by atoms with Crippen LogP contribution in [0.1, 0.15) is 53.2 Å². The fourth-order valence-corrected chi connectivity index (χ4v) is 4.66. The molecular formula is C17H26N2OS. The molecule has 1 saturated heterocycles. The first kappa shape index (κ1) is 15.0. The van der Waals surface area contributed by atoms with Gasteiger partial charge < -0.3 is 10.2 Å². The highest BCUT2D eigenvalue weighted by Gasteiger charge is 2.26. The van der Waals surface area contributed by atoms with Gasteiger partial charge in [0, 0.05) is 17.5 Å². The minimum Gasteiger partial charge on any atom is -0.335 e. The number of aryl methyl sites for hydroxylation is 2. The van der Waals surface area contributed by atoms with E-state index in [4.69, 9.17) is 0 Å². The highest BCUT2D eigenvalue weighted by Crippen LogP contribution is 2.31. The van der Waals surface area contributed by atoms with Crippen molar-refractivity contribution in [1.29, 1.82) is 0 Å². The molecule has 1 aliphatic carbocycles. The van der Waals surface area contributed by atoms with Crippen LogP contribution in [0.4, 0.5) is 0 Å². The van der Waals surface area contributed by atoms with Crippen LogP contribution < -0.4 is 5.32 Å². The quantitative estimate of drug-likeness (QED) is 0.927. The summed E-state index contributed by atoms with van der Waals surface area (Å²) < 4.78 is 0. The fraction of sp³-hybridized carbons (Fsp3) is 0.706. The number of piperidine rings is 1. The molecule has 0 radical (unpaired) electrons. The summed E-state index contributed by atoms with van der Waals surface area (Å²) in [4.78, 5) is 17.4. The molecule has 0 bridgehead atoms. The van der Waals surface area contributed by atoms with E-state index in [2.05, 4.69) is 30.1 Å². The maximum Gasteiger partial charge on any atom is 0.264 e. The number of rotatable bonds is 4. The number of nitrogens with zero attached hydrogens (tertiary/aromatic N) is 1. The van der Waals surface area contributed by atoms with E-state index in [1.54, 1.807) is 11.3 Å². The number of carbonyl (C=O) groups is 1. The third-order valence-corrected chi connectivity index (χ3v) is 5.98. The van der Waals surface area contributed by atoms with Crippen LogP contribution >= 0.6 is 11.3 Å². The van der Waals surface area contributed by atoms with Crippen molar-refractivity contribution in [2.24, 2.45) is 5.92 Å². The Morgan fingerprint density at radius 1 is 1.38 bits per heavy atom. The summed E-state index contributed by atoms with van der Waals surface area (Å²) in [5.74, 6) is 0.910. The molecular weight excluding hydrogens is 280 g/mol. The lowest BCUT2D eigenvalue weighted by Gasteiger charge is -2.32. The van der Waals surface area contributed by atoms with Gasteiger partial charge in [0.1, 0.15) is 0 Å². The van der Waals surface area contributed by atoms with Gasteiger partial charge in [0.15, 0.2) is 0 Å². The van der Waals surface area contributed by atoms with E-state index in [0.717, 1.165) is 30.9 Å². The average Bonchev–Trinajstić information content (AvgIpc) is 3.06. The number of hydrogen-bond acceptors (Lipinski definition) is 3. The van der Waals surface area contributed by atoms with Crippen LogP contribution in [0.5, 0.6) is 0 Å². The summed E-state index contributed by atoms with van der Waals surface area (Å²) >= 11 is 1.73. The van der Waals surface area contributed by atoms with Crippen LogP contribution in [0.3, 0.4) is 0 Å². The molecule has 4 heteroatoms. The van der Waals surface area contributed by atoms with Crippen LogP contribution in [-0.2, 0) is 12.8 Å². The second kappa shape index (κ2) is 6.49. The Morgan fingerprint density at radius 2 is 2.14 bits per heavy atom. The first-order valence-electron chi connectivity index (χ1n) is 8.28. The molecule has 1 fully saturated rings. The highest BCUT2D eigenvalue weighted by atomic mass is 32.1. The Hall–Kier alpha value is -0.870. The second-order valence-corrected chi connectivity index (χ2v) is 7.79. The van der Waals surface area contributed by atoms with Crippen molar-refractivity contribution in [3.8, 4) is 0 Å². The molecule has 1 amide bonds. The first-order chi connectivity index (χ1) is 10.1. The third-order valence-electron chi connectivity index (χ3n) is 4.76. The largest absolute Gasteiger partial charge is 0.335 e. The third kappa shape index (κ3) is 3.32. The van der Waals surface area contributed by atoms with E-state index in [1.807, 2.05) is 0 Å². The monoisotopic (exact) mass is 306 g/mol. The SMILES string of the molecule is CC(C)N(CC1CCNCC1)C(=O)c1cc2c(s1)CCC2. The predicted molar refractivity (Wildman–Crippen MR) is 88.1 cm³/mol. The summed E-state index contributed by atoms with van der Waals surface area (Å²) in [6.07, 6.45) is 5.98. The number of carbonyl (C=O) groups excluding carboxylic acids is 1. The number of hydrogen-bond donors (Lipinski definition) is 1. The molecule has 1 aromatic heterocycles. The van der Waals surface area contributed by atoms with Crippen molar-refractivity contribution in [3.05, 3.63) is 21.4 Å². The van der Waals surface area contributed by atoms with E-state index < -0.39 is 0 Å². The number of fused-ring (bicyclic) bond motifs is 1.